The van der Waals surface area contributed by atoms with Gasteiger partial charge in [0.1, 0.15) is 0 Å². The third-order valence-electron chi connectivity index (χ3n) is 5.38. The van der Waals surface area contributed by atoms with E-state index in [9.17, 15) is 13.2 Å². The summed E-state index contributed by atoms with van der Waals surface area (Å²) < 4.78 is 34.0. The van der Waals surface area contributed by atoms with Gasteiger partial charge in [-0.15, -0.1) is 5.10 Å². The molecule has 1 amide bonds. The van der Waals surface area contributed by atoms with E-state index in [1.54, 1.807) is 23.7 Å². The number of nitrogens with zero attached hydrogens (tertiary/aromatic N) is 5. The molecule has 0 bridgehead atoms. The maximum absolute atomic E-state index is 12.6. The number of thioether (sulfide) groups is 1. The van der Waals surface area contributed by atoms with Crippen molar-refractivity contribution in [3.63, 3.8) is 0 Å². The zero-order valence-electron chi connectivity index (χ0n) is 17.3. The Labute approximate surface area is 185 Å². The van der Waals surface area contributed by atoms with Crippen molar-refractivity contribution < 1.29 is 17.9 Å². The monoisotopic (exact) mass is 466 g/mol. The number of amides is 1. The maximum atomic E-state index is 12.6. The molecule has 2 atom stereocenters. The van der Waals surface area contributed by atoms with Crippen molar-refractivity contribution in [1.29, 1.82) is 0 Å². The number of aromatic nitrogens is 4. The number of hydrogen-bond donors (Lipinski definition) is 1. The lowest BCUT2D eigenvalue weighted by Gasteiger charge is -2.16. The Bertz CT molecular complexity index is 999. The van der Waals surface area contributed by atoms with E-state index in [4.69, 9.17) is 4.74 Å². The Morgan fingerprint density at radius 1 is 1.26 bits per heavy atom. The van der Waals surface area contributed by atoms with Crippen LogP contribution in [-0.2, 0) is 26.1 Å². The Balaban J connectivity index is 1.34. The van der Waals surface area contributed by atoms with Gasteiger partial charge in [-0.05, 0) is 67.3 Å². The summed E-state index contributed by atoms with van der Waals surface area (Å²) >= 11 is 1.27. The van der Waals surface area contributed by atoms with Gasteiger partial charge in [0.05, 0.1) is 22.8 Å². The fourth-order valence-electron chi connectivity index (χ4n) is 3.62. The lowest BCUT2D eigenvalue weighted by molar-refractivity contribution is -0.115. The van der Waals surface area contributed by atoms with Crippen LogP contribution in [0, 0.1) is 0 Å². The molecule has 1 aromatic heterocycles. The largest absolute Gasteiger partial charge is 0.376 e. The molecular weight excluding hydrogens is 440 g/mol. The molecule has 2 fully saturated rings. The molecular formula is C19H26N6O4S2. The minimum atomic E-state index is -3.47. The standard InChI is InChI=1S/C19H26N6O4S2/c1-14(30-19-21-22-23-25(19)13-16-5-4-12-29-16)18(26)20-15-6-8-17(9-7-15)31(27,28)24-10-2-3-11-24/h6-9,14,16H,2-5,10-13H2,1H3,(H,20,26)/t14-,16-/m1/s1. The first-order chi connectivity index (χ1) is 14.9. The first-order valence-corrected chi connectivity index (χ1v) is 12.7. The predicted molar refractivity (Wildman–Crippen MR) is 115 cm³/mol. The number of ether oxygens (including phenoxy) is 1. The second kappa shape index (κ2) is 9.63. The Kier molecular flexibility index (Phi) is 6.89. The van der Waals surface area contributed by atoms with Gasteiger partial charge < -0.3 is 10.1 Å². The van der Waals surface area contributed by atoms with E-state index in [0.717, 1.165) is 32.3 Å². The minimum absolute atomic E-state index is 0.0994. The van der Waals surface area contributed by atoms with Crippen LogP contribution in [-0.4, -0.2) is 69.9 Å². The van der Waals surface area contributed by atoms with Gasteiger partial charge in [0.25, 0.3) is 0 Å². The van der Waals surface area contributed by atoms with Crippen molar-refractivity contribution in [2.45, 2.75) is 60.6 Å². The quantitative estimate of drug-likeness (QED) is 0.585. The third-order valence-corrected chi connectivity index (χ3v) is 8.36. The van der Waals surface area contributed by atoms with Crippen LogP contribution in [0.1, 0.15) is 32.6 Å². The number of hydrogen-bond acceptors (Lipinski definition) is 8. The molecule has 2 aliphatic rings. The Hall–Kier alpha value is -2.02. The molecule has 2 aliphatic heterocycles. The van der Waals surface area contributed by atoms with Crippen LogP contribution in [0.5, 0.6) is 0 Å². The average Bonchev–Trinajstić information content (AvgIpc) is 3.53. The van der Waals surface area contributed by atoms with E-state index >= 15 is 0 Å². The molecule has 2 saturated heterocycles. The van der Waals surface area contributed by atoms with Crippen molar-refractivity contribution in [2.24, 2.45) is 0 Å². The number of rotatable bonds is 8. The van der Waals surface area contributed by atoms with Crippen LogP contribution in [0.3, 0.4) is 0 Å². The van der Waals surface area contributed by atoms with Crippen LogP contribution < -0.4 is 5.32 Å². The number of anilines is 1. The van der Waals surface area contributed by atoms with Gasteiger partial charge in [0.15, 0.2) is 0 Å². The SMILES string of the molecule is C[C@@H](Sc1nnnn1C[C@H]1CCCO1)C(=O)Nc1ccc(S(=O)(=O)N2CCCC2)cc1. The fourth-order valence-corrected chi connectivity index (χ4v) is 5.94. The number of nitrogens with one attached hydrogen (secondary N) is 1. The van der Waals surface area contributed by atoms with Gasteiger partial charge in [0.2, 0.25) is 21.1 Å². The average molecular weight is 467 g/mol. The molecule has 0 aliphatic carbocycles. The van der Waals surface area contributed by atoms with E-state index in [-0.39, 0.29) is 16.9 Å². The van der Waals surface area contributed by atoms with E-state index in [1.165, 1.54) is 28.2 Å². The summed E-state index contributed by atoms with van der Waals surface area (Å²) in [4.78, 5) is 12.9. The van der Waals surface area contributed by atoms with Crippen LogP contribution in [0.15, 0.2) is 34.3 Å². The van der Waals surface area contributed by atoms with E-state index in [2.05, 4.69) is 20.8 Å². The summed E-state index contributed by atoms with van der Waals surface area (Å²) in [6, 6.07) is 6.28. The molecule has 168 valence electrons. The van der Waals surface area contributed by atoms with E-state index < -0.39 is 15.3 Å². The number of tetrazole rings is 1. The number of carbonyl (C=O) groups excluding carboxylic acids is 1. The molecule has 12 heteroatoms. The van der Waals surface area contributed by atoms with Crippen molar-refractivity contribution in [2.75, 3.05) is 25.0 Å². The van der Waals surface area contributed by atoms with Gasteiger partial charge >= 0.3 is 0 Å². The molecule has 1 aromatic carbocycles. The topological polar surface area (TPSA) is 119 Å². The molecule has 1 N–H and O–H groups in total. The Morgan fingerprint density at radius 3 is 2.68 bits per heavy atom. The molecule has 0 unspecified atom stereocenters. The highest BCUT2D eigenvalue weighted by atomic mass is 32.2. The summed E-state index contributed by atoms with van der Waals surface area (Å²) in [7, 11) is -3.47. The van der Waals surface area contributed by atoms with Crippen LogP contribution in [0.4, 0.5) is 5.69 Å². The fraction of sp³-hybridized carbons (Fsp3) is 0.579. The van der Waals surface area contributed by atoms with E-state index in [1.807, 2.05) is 0 Å². The van der Waals surface area contributed by atoms with Crippen molar-refractivity contribution >= 4 is 33.4 Å². The van der Waals surface area contributed by atoms with Gasteiger partial charge in [-0.25, -0.2) is 13.1 Å². The molecule has 0 radical (unpaired) electrons. The maximum Gasteiger partial charge on any atom is 0.243 e. The number of sulfonamides is 1. The smallest absolute Gasteiger partial charge is 0.243 e. The molecule has 10 nitrogen and oxygen atoms in total. The molecule has 31 heavy (non-hydrogen) atoms. The molecule has 0 saturated carbocycles. The molecule has 4 rings (SSSR count). The van der Waals surface area contributed by atoms with Crippen LogP contribution in [0.25, 0.3) is 0 Å². The zero-order chi connectivity index (χ0) is 21.8. The first-order valence-electron chi connectivity index (χ1n) is 10.4. The summed E-state index contributed by atoms with van der Waals surface area (Å²) in [6.45, 7) is 4.21. The first kappa shape index (κ1) is 22.2. The second-order valence-electron chi connectivity index (χ2n) is 7.66. The third kappa shape index (κ3) is 5.25. The minimum Gasteiger partial charge on any atom is -0.376 e. The second-order valence-corrected chi connectivity index (χ2v) is 10.9. The molecule has 2 aromatic rings. The number of benzene rings is 1. The van der Waals surface area contributed by atoms with Gasteiger partial charge in [-0.2, -0.15) is 4.31 Å². The predicted octanol–water partition coefficient (Wildman–Crippen LogP) is 1.76. The highest BCUT2D eigenvalue weighted by Crippen LogP contribution is 2.25. The van der Waals surface area contributed by atoms with Gasteiger partial charge in [-0.3, -0.25) is 4.79 Å². The van der Waals surface area contributed by atoms with E-state index in [0.29, 0.717) is 30.5 Å². The lowest BCUT2D eigenvalue weighted by atomic mass is 10.2. The van der Waals surface area contributed by atoms with Gasteiger partial charge in [-0.1, -0.05) is 11.8 Å². The van der Waals surface area contributed by atoms with Gasteiger partial charge in [0, 0.05) is 25.4 Å². The van der Waals surface area contributed by atoms with Crippen LogP contribution in [0.2, 0.25) is 0 Å². The summed E-state index contributed by atoms with van der Waals surface area (Å²) in [5, 5.41) is 14.7. The summed E-state index contributed by atoms with van der Waals surface area (Å²) in [5.41, 5.74) is 0.539. The molecule has 0 spiro atoms. The molecule has 3 heterocycles. The summed E-state index contributed by atoms with van der Waals surface area (Å²) in [6.07, 6.45) is 3.89. The van der Waals surface area contributed by atoms with Crippen molar-refractivity contribution in [3.05, 3.63) is 24.3 Å². The Morgan fingerprint density at radius 2 is 2.00 bits per heavy atom. The summed E-state index contributed by atoms with van der Waals surface area (Å²) in [5.74, 6) is -0.216. The lowest BCUT2D eigenvalue weighted by Crippen LogP contribution is -2.28. The normalized spacial score (nSPS) is 20.7. The zero-order valence-corrected chi connectivity index (χ0v) is 18.9. The number of carbonyl (C=O) groups is 1. The highest BCUT2D eigenvalue weighted by Gasteiger charge is 2.27. The van der Waals surface area contributed by atoms with Crippen molar-refractivity contribution in [1.82, 2.24) is 24.5 Å². The highest BCUT2D eigenvalue weighted by molar-refractivity contribution is 8.00. The van der Waals surface area contributed by atoms with Crippen molar-refractivity contribution in [3.8, 4) is 0 Å². The van der Waals surface area contributed by atoms with Crippen LogP contribution >= 0.6 is 11.8 Å².